The van der Waals surface area contributed by atoms with Crippen LogP contribution in [0.4, 0.5) is 5.69 Å². The number of rotatable bonds is 4. The lowest BCUT2D eigenvalue weighted by molar-refractivity contribution is -0.113. The fourth-order valence-corrected chi connectivity index (χ4v) is 2.52. The van der Waals surface area contributed by atoms with E-state index >= 15 is 0 Å². The van der Waals surface area contributed by atoms with E-state index in [2.05, 4.69) is 20.6 Å². The summed E-state index contributed by atoms with van der Waals surface area (Å²) in [6, 6.07) is 5.89. The number of hydrogen-bond donors (Lipinski definition) is 1. The number of amides is 1. The highest BCUT2D eigenvalue weighted by Gasteiger charge is 2.12. The summed E-state index contributed by atoms with van der Waals surface area (Å²) in [5, 5.41) is 14.8. The Hall–Kier alpha value is -2.35. The number of anilines is 1. The minimum atomic E-state index is -0.105. The number of aryl methyl sites for hydroxylation is 2. The molecule has 21 heavy (non-hydrogen) atoms. The molecule has 0 fully saturated rings. The molecule has 0 saturated carbocycles. The fourth-order valence-electron chi connectivity index (χ4n) is 1.91. The first kappa shape index (κ1) is 13.6. The summed E-state index contributed by atoms with van der Waals surface area (Å²) >= 11 is 1.21. The molecule has 1 N–H and O–H groups in total. The molecule has 0 aliphatic rings. The van der Waals surface area contributed by atoms with Crippen LogP contribution in [-0.2, 0) is 4.79 Å². The van der Waals surface area contributed by atoms with Crippen molar-refractivity contribution in [3.8, 4) is 0 Å². The molecule has 2 heterocycles. The van der Waals surface area contributed by atoms with E-state index in [4.69, 9.17) is 4.42 Å². The second kappa shape index (κ2) is 5.57. The van der Waals surface area contributed by atoms with Gasteiger partial charge in [-0.1, -0.05) is 35.1 Å². The van der Waals surface area contributed by atoms with Gasteiger partial charge in [-0.2, -0.15) is 4.52 Å². The lowest BCUT2D eigenvalue weighted by atomic mass is 10.1. The summed E-state index contributed by atoms with van der Waals surface area (Å²) in [6.07, 6.45) is 1.44. The second-order valence-corrected chi connectivity index (χ2v) is 5.46. The first-order chi connectivity index (χ1) is 10.1. The molecule has 1 aromatic carbocycles. The zero-order valence-corrected chi connectivity index (χ0v) is 12.3. The number of carbonyl (C=O) groups is 1. The Morgan fingerprint density at radius 2 is 2.14 bits per heavy atom. The molecule has 0 saturated heterocycles. The van der Waals surface area contributed by atoms with Crippen molar-refractivity contribution in [3.63, 3.8) is 0 Å². The van der Waals surface area contributed by atoms with Gasteiger partial charge in [-0.3, -0.25) is 4.79 Å². The van der Waals surface area contributed by atoms with E-state index in [1.54, 1.807) is 0 Å². The smallest absolute Gasteiger partial charge is 0.345 e. The van der Waals surface area contributed by atoms with E-state index in [0.717, 1.165) is 16.8 Å². The van der Waals surface area contributed by atoms with E-state index in [-0.39, 0.29) is 11.7 Å². The maximum absolute atomic E-state index is 12.0. The number of aromatic nitrogens is 4. The minimum absolute atomic E-state index is 0.105. The zero-order chi connectivity index (χ0) is 14.8. The van der Waals surface area contributed by atoms with Crippen LogP contribution in [-0.4, -0.2) is 31.5 Å². The first-order valence-corrected chi connectivity index (χ1v) is 7.28. The van der Waals surface area contributed by atoms with Crippen molar-refractivity contribution in [1.82, 2.24) is 19.8 Å². The van der Waals surface area contributed by atoms with Gasteiger partial charge in [-0.15, -0.1) is 10.2 Å². The molecule has 7 nitrogen and oxygen atoms in total. The van der Waals surface area contributed by atoms with Crippen molar-refractivity contribution >= 4 is 29.2 Å². The average Bonchev–Trinajstić information content (AvgIpc) is 3.01. The van der Waals surface area contributed by atoms with Crippen LogP contribution >= 0.6 is 11.8 Å². The molecule has 0 aliphatic heterocycles. The maximum atomic E-state index is 12.0. The highest BCUT2D eigenvalue weighted by atomic mass is 32.2. The molecule has 8 heteroatoms. The fraction of sp³-hybridized carbons (Fsp3) is 0.231. The molecule has 2 aromatic heterocycles. The summed E-state index contributed by atoms with van der Waals surface area (Å²) in [5.74, 6) is 0.421. The Labute approximate surface area is 124 Å². The van der Waals surface area contributed by atoms with Gasteiger partial charge in [0.25, 0.3) is 5.22 Å². The average molecular weight is 303 g/mol. The quantitative estimate of drug-likeness (QED) is 0.743. The largest absolute Gasteiger partial charge is 0.396 e. The number of nitrogens with one attached hydrogen (secondary N) is 1. The molecule has 3 rings (SSSR count). The van der Waals surface area contributed by atoms with Crippen LogP contribution in [0.5, 0.6) is 0 Å². The van der Waals surface area contributed by atoms with E-state index in [1.165, 1.54) is 22.6 Å². The summed E-state index contributed by atoms with van der Waals surface area (Å²) in [4.78, 5) is 12.0. The molecule has 0 radical (unpaired) electrons. The first-order valence-electron chi connectivity index (χ1n) is 6.29. The predicted octanol–water partition coefficient (Wildman–Crippen LogP) is 2.06. The third-order valence-electron chi connectivity index (χ3n) is 2.94. The molecule has 0 aliphatic carbocycles. The Balaban J connectivity index is 1.63. The Bertz CT molecular complexity index is 746. The van der Waals surface area contributed by atoms with Crippen molar-refractivity contribution in [2.45, 2.75) is 19.1 Å². The number of para-hydroxylation sites is 1. The molecule has 0 atom stereocenters. The second-order valence-electron chi connectivity index (χ2n) is 4.53. The van der Waals surface area contributed by atoms with E-state index in [9.17, 15) is 4.79 Å². The van der Waals surface area contributed by atoms with Gasteiger partial charge in [-0.05, 0) is 25.0 Å². The number of benzene rings is 1. The van der Waals surface area contributed by atoms with Crippen molar-refractivity contribution in [3.05, 3.63) is 35.7 Å². The highest BCUT2D eigenvalue weighted by molar-refractivity contribution is 7.99. The number of nitrogens with zero attached hydrogens (tertiary/aromatic N) is 4. The van der Waals surface area contributed by atoms with Gasteiger partial charge in [0, 0.05) is 5.69 Å². The molecule has 0 unspecified atom stereocenters. The molecule has 0 bridgehead atoms. The number of hydrogen-bond acceptors (Lipinski definition) is 6. The van der Waals surface area contributed by atoms with Gasteiger partial charge in [0.05, 0.1) is 5.75 Å². The summed E-state index contributed by atoms with van der Waals surface area (Å²) < 4.78 is 6.74. The lowest BCUT2D eigenvalue weighted by Crippen LogP contribution is -2.15. The van der Waals surface area contributed by atoms with Crippen molar-refractivity contribution in [2.24, 2.45) is 0 Å². The predicted molar refractivity (Wildman–Crippen MR) is 78.3 cm³/mol. The van der Waals surface area contributed by atoms with Crippen LogP contribution in [0, 0.1) is 13.8 Å². The zero-order valence-electron chi connectivity index (χ0n) is 11.5. The third kappa shape index (κ3) is 2.89. The van der Waals surface area contributed by atoms with Gasteiger partial charge >= 0.3 is 5.84 Å². The standard InChI is InChI=1S/C13H13N5O2S/c1-8-4-3-5-9(2)11(8)15-10(19)6-21-13-17-18-7-14-16-12(18)20-13/h3-5,7H,6H2,1-2H3,(H,15,19). The monoisotopic (exact) mass is 303 g/mol. The molecule has 1 amide bonds. The van der Waals surface area contributed by atoms with Crippen molar-refractivity contribution in [2.75, 3.05) is 11.1 Å². The number of fused-ring (bicyclic) bond motifs is 1. The van der Waals surface area contributed by atoms with Crippen LogP contribution in [0.25, 0.3) is 5.84 Å². The van der Waals surface area contributed by atoms with Crippen LogP contribution < -0.4 is 5.32 Å². The Morgan fingerprint density at radius 3 is 2.86 bits per heavy atom. The molecular weight excluding hydrogens is 290 g/mol. The highest BCUT2D eigenvalue weighted by Crippen LogP contribution is 2.21. The van der Waals surface area contributed by atoms with Crippen LogP contribution in [0.2, 0.25) is 0 Å². The van der Waals surface area contributed by atoms with Crippen molar-refractivity contribution in [1.29, 1.82) is 0 Å². The van der Waals surface area contributed by atoms with Crippen LogP contribution in [0.3, 0.4) is 0 Å². The molecule has 108 valence electrons. The normalized spacial score (nSPS) is 11.0. The summed E-state index contributed by atoms with van der Waals surface area (Å²) in [5.41, 5.74) is 2.93. The third-order valence-corrected chi connectivity index (χ3v) is 3.76. The van der Waals surface area contributed by atoms with Gasteiger partial charge < -0.3 is 9.73 Å². The van der Waals surface area contributed by atoms with Crippen LogP contribution in [0.15, 0.2) is 34.2 Å². The topological polar surface area (TPSA) is 85.3 Å². The SMILES string of the molecule is Cc1cccc(C)c1NC(=O)CSc1nn2cnnc2o1. The van der Waals surface area contributed by atoms with Crippen molar-refractivity contribution < 1.29 is 9.21 Å². The van der Waals surface area contributed by atoms with E-state index in [0.29, 0.717) is 11.1 Å². The molecule has 0 spiro atoms. The van der Waals surface area contributed by atoms with E-state index < -0.39 is 0 Å². The minimum Gasteiger partial charge on any atom is -0.396 e. The Morgan fingerprint density at radius 1 is 1.38 bits per heavy atom. The number of thioether (sulfide) groups is 1. The molecule has 3 aromatic rings. The Kier molecular flexibility index (Phi) is 3.61. The molecular formula is C13H13N5O2S. The number of carbonyl (C=O) groups excluding carboxylic acids is 1. The summed E-state index contributed by atoms with van der Waals surface area (Å²) in [7, 11) is 0. The van der Waals surface area contributed by atoms with E-state index in [1.807, 2.05) is 32.0 Å². The van der Waals surface area contributed by atoms with Crippen LogP contribution in [0.1, 0.15) is 11.1 Å². The summed E-state index contributed by atoms with van der Waals surface area (Å²) in [6.45, 7) is 3.93. The van der Waals surface area contributed by atoms with Gasteiger partial charge in [-0.25, -0.2) is 0 Å². The van der Waals surface area contributed by atoms with Gasteiger partial charge in [0.1, 0.15) is 6.33 Å². The van der Waals surface area contributed by atoms with Gasteiger partial charge in [0.2, 0.25) is 5.91 Å². The van der Waals surface area contributed by atoms with Gasteiger partial charge in [0.15, 0.2) is 0 Å². The lowest BCUT2D eigenvalue weighted by Gasteiger charge is -2.10. The maximum Gasteiger partial charge on any atom is 0.345 e.